The average molecular weight is 426 g/mol. The Kier molecular flexibility index (Phi) is 8.00. The lowest BCUT2D eigenvalue weighted by molar-refractivity contribution is -0.384. The zero-order valence-corrected chi connectivity index (χ0v) is 17.5. The summed E-state index contributed by atoms with van der Waals surface area (Å²) in [7, 11) is -2.37. The molecule has 0 saturated heterocycles. The van der Waals surface area contributed by atoms with E-state index in [1.165, 1.54) is 31.2 Å². The van der Waals surface area contributed by atoms with E-state index in [4.69, 9.17) is 4.74 Å². The maximum atomic E-state index is 12.3. The Morgan fingerprint density at radius 3 is 2.69 bits per heavy atom. The predicted molar refractivity (Wildman–Crippen MR) is 111 cm³/mol. The molecular formula is C19H27N3O6S. The lowest BCUT2D eigenvalue weighted by Crippen LogP contribution is -2.32. The lowest BCUT2D eigenvalue weighted by Gasteiger charge is -2.24. The number of carbonyl (C=O) groups is 1. The highest BCUT2D eigenvalue weighted by Crippen LogP contribution is 2.33. The summed E-state index contributed by atoms with van der Waals surface area (Å²) in [4.78, 5) is 22.6. The second-order valence-electron chi connectivity index (χ2n) is 6.94. The third-order valence-corrected chi connectivity index (χ3v) is 5.88. The highest BCUT2D eigenvalue weighted by atomic mass is 32.2. The molecule has 0 heterocycles. The molecule has 10 heteroatoms. The highest BCUT2D eigenvalue weighted by Gasteiger charge is 2.24. The van der Waals surface area contributed by atoms with Crippen molar-refractivity contribution in [3.05, 3.63) is 40.0 Å². The van der Waals surface area contributed by atoms with E-state index in [0.717, 1.165) is 35.9 Å². The molecule has 0 aromatic heterocycles. The quantitative estimate of drug-likeness (QED) is 0.350. The molecule has 1 aliphatic carbocycles. The van der Waals surface area contributed by atoms with Crippen LogP contribution in [0.25, 0.3) is 0 Å². The van der Waals surface area contributed by atoms with Gasteiger partial charge in [-0.05, 0) is 38.2 Å². The number of benzene rings is 1. The first kappa shape index (κ1) is 22.7. The minimum absolute atomic E-state index is 0.00643. The summed E-state index contributed by atoms with van der Waals surface area (Å²) in [5.74, 6) is 0.0469. The van der Waals surface area contributed by atoms with Crippen molar-refractivity contribution in [2.24, 2.45) is 0 Å². The van der Waals surface area contributed by atoms with E-state index in [2.05, 4.69) is 11.4 Å². The predicted octanol–water partition coefficient (Wildman–Crippen LogP) is 2.77. The van der Waals surface area contributed by atoms with E-state index in [1.807, 2.05) is 0 Å². The third-order valence-electron chi connectivity index (χ3n) is 4.70. The summed E-state index contributed by atoms with van der Waals surface area (Å²) < 4.78 is 30.8. The van der Waals surface area contributed by atoms with Crippen molar-refractivity contribution in [2.75, 3.05) is 30.8 Å². The van der Waals surface area contributed by atoms with Gasteiger partial charge in [0.2, 0.25) is 15.9 Å². The van der Waals surface area contributed by atoms with Crippen LogP contribution in [-0.4, -0.2) is 45.7 Å². The van der Waals surface area contributed by atoms with Crippen LogP contribution in [0.4, 0.5) is 11.4 Å². The normalized spacial score (nSPS) is 14.1. The van der Waals surface area contributed by atoms with Crippen LogP contribution in [0.3, 0.4) is 0 Å². The molecule has 0 fully saturated rings. The molecule has 160 valence electrons. The van der Waals surface area contributed by atoms with Gasteiger partial charge in [-0.25, -0.2) is 8.42 Å². The molecular weight excluding hydrogens is 398 g/mol. The number of nitrogens with zero attached hydrogens (tertiary/aromatic N) is 2. The standard InChI is InChI=1S/C19H27N3O6S/c1-28-18-11-10-16(22(24)25)13-17(18)21(29(2,26)27)12-6-9-19(23)20-14-15-7-4-3-5-8-15/h7,10-11,13H,3-6,8-9,12,14H2,1-2H3,(H,20,23). The van der Waals surface area contributed by atoms with Crippen LogP contribution < -0.4 is 14.4 Å². The number of methoxy groups -OCH3 is 1. The van der Waals surface area contributed by atoms with Gasteiger partial charge in [0.05, 0.1) is 18.3 Å². The van der Waals surface area contributed by atoms with Gasteiger partial charge in [0, 0.05) is 31.6 Å². The van der Waals surface area contributed by atoms with Crippen molar-refractivity contribution in [3.63, 3.8) is 0 Å². The molecule has 0 saturated carbocycles. The number of hydrogen-bond donors (Lipinski definition) is 1. The molecule has 1 aliphatic rings. The minimum atomic E-state index is -3.73. The zero-order chi connectivity index (χ0) is 21.4. The topological polar surface area (TPSA) is 119 Å². The molecule has 0 radical (unpaired) electrons. The molecule has 1 amide bonds. The fourth-order valence-corrected chi connectivity index (χ4v) is 4.16. The maximum Gasteiger partial charge on any atom is 0.271 e. The summed E-state index contributed by atoms with van der Waals surface area (Å²) in [6.07, 6.45) is 7.94. The fourth-order valence-electron chi connectivity index (χ4n) is 3.20. The SMILES string of the molecule is COc1ccc([N+](=O)[O-])cc1N(CCCC(=O)NCC1=CCCCC1)S(C)(=O)=O. The molecule has 1 aromatic rings. The Morgan fingerprint density at radius 2 is 2.10 bits per heavy atom. The summed E-state index contributed by atoms with van der Waals surface area (Å²) in [6.45, 7) is 0.528. The third kappa shape index (κ3) is 6.74. The van der Waals surface area contributed by atoms with Gasteiger partial charge < -0.3 is 10.1 Å². The number of allylic oxidation sites excluding steroid dienone is 1. The van der Waals surface area contributed by atoms with Crippen molar-refractivity contribution >= 4 is 27.3 Å². The van der Waals surface area contributed by atoms with E-state index in [1.54, 1.807) is 0 Å². The summed E-state index contributed by atoms with van der Waals surface area (Å²) >= 11 is 0. The number of rotatable bonds is 10. The van der Waals surface area contributed by atoms with Gasteiger partial charge >= 0.3 is 0 Å². The number of ether oxygens (including phenoxy) is 1. The number of hydrogen-bond acceptors (Lipinski definition) is 6. The first-order valence-corrected chi connectivity index (χ1v) is 11.3. The van der Waals surface area contributed by atoms with Crippen LogP contribution in [0.1, 0.15) is 38.5 Å². The van der Waals surface area contributed by atoms with Gasteiger partial charge in [-0.2, -0.15) is 0 Å². The lowest BCUT2D eigenvalue weighted by atomic mass is 10.00. The van der Waals surface area contributed by atoms with E-state index < -0.39 is 14.9 Å². The Hall–Kier alpha value is -2.62. The second kappa shape index (κ2) is 10.2. The van der Waals surface area contributed by atoms with E-state index in [0.29, 0.717) is 6.54 Å². The molecule has 2 rings (SSSR count). The van der Waals surface area contributed by atoms with Crippen molar-refractivity contribution < 1.29 is 22.9 Å². The van der Waals surface area contributed by atoms with Gasteiger partial charge in [-0.15, -0.1) is 0 Å². The molecule has 1 N–H and O–H groups in total. The molecule has 0 unspecified atom stereocenters. The van der Waals surface area contributed by atoms with E-state index in [-0.39, 0.29) is 42.4 Å². The smallest absolute Gasteiger partial charge is 0.271 e. The highest BCUT2D eigenvalue weighted by molar-refractivity contribution is 7.92. The first-order chi connectivity index (χ1) is 13.7. The number of nitro groups is 1. The zero-order valence-electron chi connectivity index (χ0n) is 16.7. The largest absolute Gasteiger partial charge is 0.495 e. The van der Waals surface area contributed by atoms with Gasteiger partial charge in [0.25, 0.3) is 5.69 Å². The number of amides is 1. The Bertz CT molecular complexity index is 882. The molecule has 9 nitrogen and oxygen atoms in total. The number of nitro benzene ring substituents is 1. The van der Waals surface area contributed by atoms with Crippen LogP contribution in [-0.2, 0) is 14.8 Å². The van der Waals surface area contributed by atoms with Crippen molar-refractivity contribution in [1.29, 1.82) is 0 Å². The number of anilines is 1. The molecule has 0 bridgehead atoms. The monoisotopic (exact) mass is 425 g/mol. The Labute approximate surface area is 170 Å². The average Bonchev–Trinajstić information content (AvgIpc) is 2.69. The molecule has 0 aliphatic heterocycles. The fraction of sp³-hybridized carbons (Fsp3) is 0.526. The number of sulfonamides is 1. The Morgan fingerprint density at radius 1 is 1.34 bits per heavy atom. The number of carbonyl (C=O) groups excluding carboxylic acids is 1. The maximum absolute atomic E-state index is 12.3. The Balaban J connectivity index is 2.03. The van der Waals surface area contributed by atoms with E-state index >= 15 is 0 Å². The molecule has 0 atom stereocenters. The first-order valence-electron chi connectivity index (χ1n) is 9.47. The van der Waals surface area contributed by atoms with Gasteiger partial charge in [-0.1, -0.05) is 11.6 Å². The van der Waals surface area contributed by atoms with Crippen LogP contribution in [0.15, 0.2) is 29.8 Å². The van der Waals surface area contributed by atoms with E-state index in [9.17, 15) is 23.3 Å². The summed E-state index contributed by atoms with van der Waals surface area (Å²) in [6, 6.07) is 3.77. The molecule has 29 heavy (non-hydrogen) atoms. The van der Waals surface area contributed by atoms with Crippen LogP contribution in [0.2, 0.25) is 0 Å². The van der Waals surface area contributed by atoms with Crippen molar-refractivity contribution in [3.8, 4) is 5.75 Å². The van der Waals surface area contributed by atoms with Crippen LogP contribution in [0, 0.1) is 10.1 Å². The van der Waals surface area contributed by atoms with Gasteiger partial charge in [-0.3, -0.25) is 19.2 Å². The summed E-state index contributed by atoms with van der Waals surface area (Å²) in [5.41, 5.74) is 1.06. The van der Waals surface area contributed by atoms with Crippen molar-refractivity contribution in [1.82, 2.24) is 5.32 Å². The van der Waals surface area contributed by atoms with Gasteiger partial charge in [0.15, 0.2) is 0 Å². The van der Waals surface area contributed by atoms with Gasteiger partial charge in [0.1, 0.15) is 11.4 Å². The number of non-ortho nitro benzene ring substituents is 1. The van der Waals surface area contributed by atoms with Crippen LogP contribution in [0.5, 0.6) is 5.75 Å². The second-order valence-corrected chi connectivity index (χ2v) is 8.84. The number of nitrogens with one attached hydrogen (secondary N) is 1. The van der Waals surface area contributed by atoms with Crippen molar-refractivity contribution in [2.45, 2.75) is 38.5 Å². The summed E-state index contributed by atoms with van der Waals surface area (Å²) in [5, 5.41) is 13.9. The van der Waals surface area contributed by atoms with Crippen LogP contribution >= 0.6 is 0 Å². The minimum Gasteiger partial charge on any atom is -0.495 e. The molecule has 1 aromatic carbocycles. The molecule has 0 spiro atoms.